The number of aliphatic hydroxyl groups is 2. The van der Waals surface area contributed by atoms with E-state index in [4.69, 9.17) is 18.9 Å². The fourth-order valence-corrected chi connectivity index (χ4v) is 9.64. The lowest BCUT2D eigenvalue weighted by atomic mass is 9.44. The molecule has 2 heterocycles. The van der Waals surface area contributed by atoms with E-state index >= 15 is 4.79 Å². The molecule has 0 spiro atoms. The lowest BCUT2D eigenvalue weighted by molar-refractivity contribution is -0.329. The molecule has 1 saturated heterocycles. The van der Waals surface area contributed by atoms with Crippen molar-refractivity contribution in [3.63, 3.8) is 0 Å². The molecule has 1 unspecified atom stereocenters. The van der Waals surface area contributed by atoms with E-state index in [1.807, 2.05) is 20.8 Å². The van der Waals surface area contributed by atoms with Gasteiger partial charge in [0, 0.05) is 41.6 Å². The van der Waals surface area contributed by atoms with Gasteiger partial charge in [0.2, 0.25) is 11.7 Å². The number of fused-ring (bicyclic) bond motifs is 4. The minimum Gasteiger partial charge on any atom is -0.456 e. The summed E-state index contributed by atoms with van der Waals surface area (Å²) in [7, 11) is 0. The van der Waals surface area contributed by atoms with E-state index in [1.165, 1.54) is 6.92 Å². The maximum absolute atomic E-state index is 15.1. The number of aliphatic hydroxyl groups excluding tert-OH is 1. The van der Waals surface area contributed by atoms with Crippen molar-refractivity contribution in [2.75, 3.05) is 6.61 Å². The molecule has 14 heteroatoms. The van der Waals surface area contributed by atoms with Gasteiger partial charge in [-0.3, -0.25) is 14.4 Å². The third kappa shape index (κ3) is 6.37. The number of benzene rings is 1. The summed E-state index contributed by atoms with van der Waals surface area (Å²) in [6, 6.07) is 6.71. The monoisotopic (exact) mass is 765 g/mol. The highest BCUT2D eigenvalue weighted by Crippen LogP contribution is 2.64. The van der Waals surface area contributed by atoms with Crippen molar-refractivity contribution in [2.45, 2.75) is 136 Å². The topological polar surface area (TPSA) is 199 Å². The Morgan fingerprint density at radius 2 is 1.75 bits per heavy atom. The molecule has 3 aliphatic carbocycles. The number of nitrogens with one attached hydrogen (secondary N) is 2. The van der Waals surface area contributed by atoms with E-state index < -0.39 is 93.6 Å². The third-order valence-corrected chi connectivity index (χ3v) is 12.7. The van der Waals surface area contributed by atoms with Crippen LogP contribution in [0, 0.1) is 28.1 Å². The van der Waals surface area contributed by atoms with E-state index in [-0.39, 0.29) is 48.1 Å². The van der Waals surface area contributed by atoms with Crippen LogP contribution in [0.2, 0.25) is 0 Å². The smallest absolute Gasteiger partial charge is 0.338 e. The Labute approximate surface area is 321 Å². The largest absolute Gasteiger partial charge is 0.456 e. The number of Topliss-reactive ketones (excluding diaryl/α,β-unsaturated/α-hetero) is 1. The summed E-state index contributed by atoms with van der Waals surface area (Å²) in [4.78, 5) is 69.1. The summed E-state index contributed by atoms with van der Waals surface area (Å²) in [6.07, 6.45) is -5.09. The molecular weight excluding hydrogens is 710 g/mol. The molecule has 14 nitrogen and oxygen atoms in total. The van der Waals surface area contributed by atoms with Gasteiger partial charge in [-0.25, -0.2) is 9.59 Å². The maximum Gasteiger partial charge on any atom is 0.338 e. The van der Waals surface area contributed by atoms with E-state index in [9.17, 15) is 29.4 Å². The number of carbonyl (C=O) groups excluding carboxylic acids is 5. The van der Waals surface area contributed by atoms with Gasteiger partial charge in [0.05, 0.1) is 30.2 Å². The van der Waals surface area contributed by atoms with Crippen molar-refractivity contribution in [3.05, 3.63) is 47.0 Å². The van der Waals surface area contributed by atoms with Crippen molar-refractivity contribution in [2.24, 2.45) is 33.2 Å². The first kappa shape index (κ1) is 40.5. The zero-order valence-corrected chi connectivity index (χ0v) is 33.3. The van der Waals surface area contributed by atoms with Crippen LogP contribution in [-0.2, 0) is 38.1 Å². The Kier molecular flexibility index (Phi) is 10.2. The molecule has 1 aromatic rings. The molecule has 0 aromatic heterocycles. The first-order chi connectivity index (χ1) is 25.5. The summed E-state index contributed by atoms with van der Waals surface area (Å²) < 4.78 is 24.7. The van der Waals surface area contributed by atoms with Gasteiger partial charge >= 0.3 is 17.9 Å². The minimum absolute atomic E-state index is 0.0182. The van der Waals surface area contributed by atoms with Gasteiger partial charge in [-0.05, 0) is 37.0 Å². The number of ketones is 1. The molecule has 2 bridgehead atoms. The van der Waals surface area contributed by atoms with Crippen LogP contribution in [-0.4, -0.2) is 99.8 Å². The molecule has 300 valence electrons. The van der Waals surface area contributed by atoms with Crippen LogP contribution in [0.4, 0.5) is 0 Å². The number of ether oxygens (including phenoxy) is 4. The summed E-state index contributed by atoms with van der Waals surface area (Å²) in [5.74, 6) is -4.44. The number of esters is 3. The number of carbonyl (C=O) groups is 5. The summed E-state index contributed by atoms with van der Waals surface area (Å²) in [5.41, 5.74) is -3.29. The van der Waals surface area contributed by atoms with E-state index in [0.29, 0.717) is 12.0 Å². The standard InChI is InChI=1S/C41H55N3O11/c1-20(2)16-24(42-36(50)37(5,6)7)29(46)35(49)53-25-18-41(51)33(54-34(48)23-14-12-11-13-15-23)31-39(10)26(17-27-40(31,19-52-27)55-22(4)45)43-44-32(39)30(47)28(21(25)3)38(41,8)9/h11-15,20,24-27,29,31,33,43,46,51H,16-19H2,1-10H3,(H,42,50)/t24-,25-,26?,27+,29+,31-,33-,39+,40-,41+/m0/s1. The van der Waals surface area contributed by atoms with Crippen LogP contribution in [0.3, 0.4) is 0 Å². The number of hydrazone groups is 1. The van der Waals surface area contributed by atoms with Gasteiger partial charge in [0.1, 0.15) is 29.6 Å². The van der Waals surface area contributed by atoms with Crippen molar-refractivity contribution < 1.29 is 53.1 Å². The SMILES string of the molecule is CC(=O)O[C@@]12CO[C@@H]1CC1NN=C3C(=O)C4=C(C)[C@@H](OC(=O)[C@H](O)[C@H](CC(C)C)NC(=O)C(C)(C)C)C[C@@](O)([C@@H](OC(=O)c5ccccc5)[C@H]2[C@]31C)C4(C)C. The van der Waals surface area contributed by atoms with Crippen LogP contribution in [0.1, 0.15) is 98.9 Å². The van der Waals surface area contributed by atoms with Crippen LogP contribution in [0.15, 0.2) is 46.6 Å². The second-order valence-corrected chi connectivity index (χ2v) is 18.1. The molecule has 1 amide bonds. The Morgan fingerprint density at radius 1 is 1.09 bits per heavy atom. The number of hydrogen-bond donors (Lipinski definition) is 4. The van der Waals surface area contributed by atoms with Crippen molar-refractivity contribution in [3.8, 4) is 0 Å². The second-order valence-electron chi connectivity index (χ2n) is 18.1. The van der Waals surface area contributed by atoms with Crippen molar-refractivity contribution in [1.82, 2.24) is 10.7 Å². The summed E-state index contributed by atoms with van der Waals surface area (Å²) >= 11 is 0. The van der Waals surface area contributed by atoms with E-state index in [0.717, 1.165) is 0 Å². The molecule has 1 aromatic carbocycles. The molecule has 2 aliphatic heterocycles. The van der Waals surface area contributed by atoms with Gasteiger partial charge in [0.15, 0.2) is 11.7 Å². The quantitative estimate of drug-likeness (QED) is 0.212. The Hall–Kier alpha value is -4.14. The molecule has 3 fully saturated rings. The predicted molar refractivity (Wildman–Crippen MR) is 198 cm³/mol. The predicted octanol–water partition coefficient (Wildman–Crippen LogP) is 3.18. The van der Waals surface area contributed by atoms with Gasteiger partial charge in [-0.1, -0.05) is 73.6 Å². The molecule has 4 N–H and O–H groups in total. The maximum atomic E-state index is 15.1. The Morgan fingerprint density at radius 3 is 2.31 bits per heavy atom. The first-order valence-corrected chi connectivity index (χ1v) is 19.1. The zero-order chi connectivity index (χ0) is 40.6. The molecule has 2 saturated carbocycles. The Balaban J connectivity index is 1.50. The fourth-order valence-electron chi connectivity index (χ4n) is 9.64. The van der Waals surface area contributed by atoms with Crippen LogP contribution in [0.5, 0.6) is 0 Å². The molecule has 55 heavy (non-hydrogen) atoms. The third-order valence-electron chi connectivity index (χ3n) is 12.7. The van der Waals surface area contributed by atoms with Crippen LogP contribution >= 0.6 is 0 Å². The van der Waals surface area contributed by atoms with Gasteiger partial charge in [-0.15, -0.1) is 0 Å². The van der Waals surface area contributed by atoms with Crippen LogP contribution in [0.25, 0.3) is 0 Å². The highest BCUT2D eigenvalue weighted by atomic mass is 16.6. The lowest BCUT2D eigenvalue weighted by Gasteiger charge is -2.66. The van der Waals surface area contributed by atoms with Crippen molar-refractivity contribution >= 4 is 35.3 Å². The lowest BCUT2D eigenvalue weighted by Crippen LogP contribution is -2.81. The molecule has 10 atom stereocenters. The zero-order valence-electron chi connectivity index (χ0n) is 33.3. The second kappa shape index (κ2) is 13.8. The van der Waals surface area contributed by atoms with E-state index in [2.05, 4.69) is 15.8 Å². The average Bonchev–Trinajstić information content (AvgIpc) is 3.42. The van der Waals surface area contributed by atoms with Gasteiger partial charge < -0.3 is 39.9 Å². The number of rotatable bonds is 9. The minimum atomic E-state index is -2.16. The van der Waals surface area contributed by atoms with Gasteiger partial charge in [0.25, 0.3) is 0 Å². The van der Waals surface area contributed by atoms with E-state index in [1.54, 1.807) is 71.9 Å². The number of amides is 1. The normalized spacial score (nSPS) is 34.3. The molecule has 5 aliphatic rings. The summed E-state index contributed by atoms with van der Waals surface area (Å²) in [5, 5.41) is 32.3. The average molecular weight is 766 g/mol. The van der Waals surface area contributed by atoms with Gasteiger partial charge in [-0.2, -0.15) is 5.10 Å². The molecule has 0 radical (unpaired) electrons. The number of hydrogen-bond acceptors (Lipinski definition) is 13. The summed E-state index contributed by atoms with van der Waals surface area (Å²) in [6.45, 7) is 16.9. The number of nitrogens with zero attached hydrogens (tertiary/aromatic N) is 1. The van der Waals surface area contributed by atoms with Crippen LogP contribution < -0.4 is 10.7 Å². The highest BCUT2D eigenvalue weighted by molar-refractivity contribution is 6.48. The molecular formula is C41H55N3O11. The highest BCUT2D eigenvalue weighted by Gasteiger charge is 2.78. The first-order valence-electron chi connectivity index (χ1n) is 19.1. The van der Waals surface area contributed by atoms with Crippen molar-refractivity contribution in [1.29, 1.82) is 0 Å². The Bertz CT molecular complexity index is 1830. The fraction of sp³-hybridized carbons (Fsp3) is 0.659. The molecule has 6 rings (SSSR count).